The zero-order chi connectivity index (χ0) is 22.6. The van der Waals surface area contributed by atoms with Crippen LogP contribution in [0.4, 0.5) is 19.0 Å². The third kappa shape index (κ3) is 3.96. The summed E-state index contributed by atoms with van der Waals surface area (Å²) in [5.41, 5.74) is 0.340. The highest BCUT2D eigenvalue weighted by molar-refractivity contribution is 6.04. The van der Waals surface area contributed by atoms with Gasteiger partial charge in [-0.3, -0.25) is 9.59 Å². The highest BCUT2D eigenvalue weighted by atomic mass is 19.4. The van der Waals surface area contributed by atoms with Crippen LogP contribution in [0.5, 0.6) is 0 Å². The van der Waals surface area contributed by atoms with Crippen molar-refractivity contribution >= 4 is 28.8 Å². The summed E-state index contributed by atoms with van der Waals surface area (Å²) >= 11 is 0. The van der Waals surface area contributed by atoms with Gasteiger partial charge in [0.05, 0.1) is 23.2 Å². The van der Waals surface area contributed by atoms with Gasteiger partial charge in [-0.2, -0.15) is 13.2 Å². The first kappa shape index (κ1) is 21.1. The molecule has 2 aromatic rings. The van der Waals surface area contributed by atoms with Crippen LogP contribution < -0.4 is 10.2 Å². The van der Waals surface area contributed by atoms with Crippen LogP contribution in [0, 0.1) is 5.92 Å². The van der Waals surface area contributed by atoms with E-state index in [0.29, 0.717) is 36.6 Å². The van der Waals surface area contributed by atoms with E-state index in [4.69, 9.17) is 0 Å². The zero-order valence-electron chi connectivity index (χ0n) is 17.2. The molecule has 0 radical (unpaired) electrons. The third-order valence-electron chi connectivity index (χ3n) is 5.81. The van der Waals surface area contributed by atoms with Crippen LogP contribution in [0.3, 0.4) is 0 Å². The quantitative estimate of drug-likeness (QED) is 0.717. The topological polar surface area (TPSA) is 94.2 Å². The minimum atomic E-state index is -4.31. The second-order valence-electron chi connectivity index (χ2n) is 8.52. The van der Waals surface area contributed by atoms with Crippen molar-refractivity contribution in [1.29, 1.82) is 0 Å². The van der Waals surface area contributed by atoms with Crippen LogP contribution in [0.2, 0.25) is 0 Å². The van der Waals surface area contributed by atoms with Gasteiger partial charge >= 0.3 is 6.18 Å². The maximum absolute atomic E-state index is 12.7. The van der Waals surface area contributed by atoms with Crippen molar-refractivity contribution < 1.29 is 22.8 Å². The van der Waals surface area contributed by atoms with E-state index in [1.54, 1.807) is 11.1 Å². The van der Waals surface area contributed by atoms with Gasteiger partial charge in [0.2, 0.25) is 5.91 Å². The molecule has 1 saturated heterocycles. The van der Waals surface area contributed by atoms with E-state index in [0.717, 1.165) is 0 Å². The normalized spacial score (nSPS) is 23.0. The number of anilines is 1. The number of hydrogen-bond donors (Lipinski definition) is 2. The molecule has 2 aliphatic rings. The molecule has 4 rings (SSSR count). The summed E-state index contributed by atoms with van der Waals surface area (Å²) in [6.07, 6.45) is -0.164. The van der Waals surface area contributed by atoms with E-state index < -0.39 is 29.6 Å². The van der Waals surface area contributed by atoms with Gasteiger partial charge in [0.15, 0.2) is 5.65 Å². The largest absolute Gasteiger partial charge is 0.393 e. The lowest BCUT2D eigenvalue weighted by molar-refractivity contribution is -0.148. The van der Waals surface area contributed by atoms with E-state index in [9.17, 15) is 22.8 Å². The Labute approximate surface area is 176 Å². The van der Waals surface area contributed by atoms with Gasteiger partial charge in [-0.1, -0.05) is 6.58 Å². The van der Waals surface area contributed by atoms with E-state index in [1.807, 2.05) is 18.7 Å². The van der Waals surface area contributed by atoms with Crippen LogP contribution in [-0.4, -0.2) is 69.1 Å². The van der Waals surface area contributed by atoms with Gasteiger partial charge < -0.3 is 20.1 Å². The number of rotatable bonds is 4. The Balaban J connectivity index is 1.53. The van der Waals surface area contributed by atoms with Gasteiger partial charge in [-0.05, 0) is 26.3 Å². The summed E-state index contributed by atoms with van der Waals surface area (Å²) in [5, 5.41) is 2.43. The molecule has 31 heavy (non-hydrogen) atoms. The number of nitrogens with zero attached hydrogens (tertiary/aromatic N) is 4. The fourth-order valence-corrected chi connectivity index (χ4v) is 4.04. The Kier molecular flexibility index (Phi) is 4.94. The number of aromatic nitrogens is 3. The van der Waals surface area contributed by atoms with Crippen molar-refractivity contribution in [2.24, 2.45) is 5.92 Å². The number of aromatic amines is 1. The SMILES string of the molecule is C=CC(=O)N1CCN(c2cnc3[nH]cc(C(=O)N[C@@H]4C[C@H]4C(F)(F)F)c3n2)CC1(C)C. The predicted molar refractivity (Wildman–Crippen MR) is 108 cm³/mol. The molecule has 0 bridgehead atoms. The number of hydrogen-bond acceptors (Lipinski definition) is 5. The molecule has 2 atom stereocenters. The fraction of sp³-hybridized carbons (Fsp3) is 0.500. The average Bonchev–Trinajstić information content (AvgIpc) is 3.35. The summed E-state index contributed by atoms with van der Waals surface area (Å²) < 4.78 is 38.2. The first-order chi connectivity index (χ1) is 14.5. The van der Waals surface area contributed by atoms with Gasteiger partial charge in [-0.25, -0.2) is 9.97 Å². The number of fused-ring (bicyclic) bond motifs is 1. The first-order valence-corrected chi connectivity index (χ1v) is 9.92. The standard InChI is InChI=1S/C20H23F3N6O2/c1-4-15(30)29-6-5-28(10-19(29,2)3)14-9-25-17-16(27-14)11(8-24-17)18(31)26-13-7-12(13)20(21,22)23/h4,8-9,12-13H,1,5-7,10H2,2-3H3,(H,24,25)(H,26,31)/t12-,13-/m1/s1. The number of piperazine rings is 1. The lowest BCUT2D eigenvalue weighted by Gasteiger charge is -2.47. The van der Waals surface area contributed by atoms with Gasteiger partial charge in [-0.15, -0.1) is 0 Å². The molecule has 2 N–H and O–H groups in total. The first-order valence-electron chi connectivity index (χ1n) is 9.92. The van der Waals surface area contributed by atoms with Crippen LogP contribution in [0.15, 0.2) is 25.0 Å². The molecule has 0 aromatic carbocycles. The Morgan fingerprint density at radius 1 is 1.35 bits per heavy atom. The van der Waals surface area contributed by atoms with Gasteiger partial charge in [0, 0.05) is 31.9 Å². The van der Waals surface area contributed by atoms with E-state index in [-0.39, 0.29) is 17.9 Å². The minimum Gasteiger partial charge on any atom is -0.351 e. The summed E-state index contributed by atoms with van der Waals surface area (Å²) in [6.45, 7) is 8.91. The van der Waals surface area contributed by atoms with Crippen LogP contribution >= 0.6 is 0 Å². The van der Waals surface area contributed by atoms with Crippen molar-refractivity contribution in [3.05, 3.63) is 30.6 Å². The van der Waals surface area contributed by atoms with Crippen molar-refractivity contribution in [2.75, 3.05) is 24.5 Å². The highest BCUT2D eigenvalue weighted by Gasteiger charge is 2.56. The summed E-state index contributed by atoms with van der Waals surface area (Å²) in [7, 11) is 0. The second kappa shape index (κ2) is 7.24. The summed E-state index contributed by atoms with van der Waals surface area (Å²) in [6, 6.07) is -0.912. The molecule has 1 aliphatic carbocycles. The summed E-state index contributed by atoms with van der Waals surface area (Å²) in [5.74, 6) is -1.73. The molecule has 3 heterocycles. The number of H-pyrrole nitrogens is 1. The maximum Gasteiger partial charge on any atom is 0.393 e. The molecule has 11 heteroatoms. The molecular formula is C20H23F3N6O2. The number of amides is 2. The number of nitrogens with one attached hydrogen (secondary N) is 2. The lowest BCUT2D eigenvalue weighted by Crippen LogP contribution is -2.61. The molecule has 0 unspecified atom stereocenters. The van der Waals surface area contributed by atoms with Crippen molar-refractivity contribution in [3.8, 4) is 0 Å². The van der Waals surface area contributed by atoms with Crippen molar-refractivity contribution in [2.45, 2.75) is 38.0 Å². The average molecular weight is 436 g/mol. The molecule has 1 saturated carbocycles. The molecule has 2 aromatic heterocycles. The monoisotopic (exact) mass is 436 g/mol. The Bertz CT molecular complexity index is 1050. The fourth-order valence-electron chi connectivity index (χ4n) is 4.04. The Hall–Kier alpha value is -3.11. The van der Waals surface area contributed by atoms with Gasteiger partial charge in [0.25, 0.3) is 5.91 Å². The van der Waals surface area contributed by atoms with Crippen molar-refractivity contribution in [1.82, 2.24) is 25.2 Å². The zero-order valence-corrected chi connectivity index (χ0v) is 17.2. The number of carbonyl (C=O) groups excluding carboxylic acids is 2. The van der Waals surface area contributed by atoms with E-state index in [2.05, 4.69) is 26.8 Å². The molecule has 0 spiro atoms. The number of carbonyl (C=O) groups is 2. The molecule has 166 valence electrons. The lowest BCUT2D eigenvalue weighted by atomic mass is 9.98. The Morgan fingerprint density at radius 3 is 2.71 bits per heavy atom. The van der Waals surface area contributed by atoms with Crippen molar-refractivity contribution in [3.63, 3.8) is 0 Å². The van der Waals surface area contributed by atoms with Crippen LogP contribution in [0.25, 0.3) is 11.2 Å². The highest BCUT2D eigenvalue weighted by Crippen LogP contribution is 2.44. The van der Waals surface area contributed by atoms with Crippen LogP contribution in [-0.2, 0) is 4.79 Å². The minimum absolute atomic E-state index is 0.114. The maximum atomic E-state index is 12.7. The van der Waals surface area contributed by atoms with E-state index >= 15 is 0 Å². The molecule has 2 amide bonds. The number of alkyl halides is 3. The predicted octanol–water partition coefficient (Wildman–Crippen LogP) is 2.25. The molecular weight excluding hydrogens is 413 g/mol. The Morgan fingerprint density at radius 2 is 2.10 bits per heavy atom. The molecule has 1 aliphatic heterocycles. The van der Waals surface area contributed by atoms with Crippen LogP contribution in [0.1, 0.15) is 30.6 Å². The molecule has 2 fully saturated rings. The number of halogens is 3. The molecule has 8 nitrogen and oxygen atoms in total. The van der Waals surface area contributed by atoms with E-state index in [1.165, 1.54) is 12.3 Å². The van der Waals surface area contributed by atoms with Gasteiger partial charge in [0.1, 0.15) is 11.3 Å². The third-order valence-corrected chi connectivity index (χ3v) is 5.81. The smallest absolute Gasteiger partial charge is 0.351 e. The second-order valence-corrected chi connectivity index (χ2v) is 8.52. The summed E-state index contributed by atoms with van der Waals surface area (Å²) in [4.78, 5) is 40.1.